The standard InChI is InChI=1S/C22H21BrN2O6S/c1-4-13(2)24-21(26)20(32-22(24)27)10-15-9-18(30-3)19(11-17(15)23)31-12-14-6-5-7-16(8-14)25(28)29/h5-11,13H,4,12H2,1-3H3/b20-10+/t13-/m0/s1. The minimum atomic E-state index is -0.460. The first-order valence-corrected chi connectivity index (χ1v) is 11.4. The Morgan fingerprint density at radius 3 is 2.66 bits per heavy atom. The smallest absolute Gasteiger partial charge is 0.293 e. The molecule has 0 bridgehead atoms. The molecule has 0 aliphatic carbocycles. The number of halogens is 1. The lowest BCUT2D eigenvalue weighted by atomic mass is 10.1. The van der Waals surface area contributed by atoms with Gasteiger partial charge < -0.3 is 9.47 Å². The van der Waals surface area contributed by atoms with Crippen molar-refractivity contribution in [2.45, 2.75) is 32.9 Å². The van der Waals surface area contributed by atoms with Gasteiger partial charge in [-0.15, -0.1) is 0 Å². The third-order valence-electron chi connectivity index (χ3n) is 4.94. The summed E-state index contributed by atoms with van der Waals surface area (Å²) >= 11 is 4.39. The molecule has 0 aromatic heterocycles. The lowest BCUT2D eigenvalue weighted by Crippen LogP contribution is -2.36. The largest absolute Gasteiger partial charge is 0.493 e. The maximum atomic E-state index is 12.7. The molecule has 1 aliphatic heterocycles. The van der Waals surface area contributed by atoms with E-state index in [-0.39, 0.29) is 29.5 Å². The summed E-state index contributed by atoms with van der Waals surface area (Å²) in [6.45, 7) is 3.87. The highest BCUT2D eigenvalue weighted by atomic mass is 79.9. The number of ether oxygens (including phenoxy) is 2. The van der Waals surface area contributed by atoms with Gasteiger partial charge in [0.2, 0.25) is 0 Å². The van der Waals surface area contributed by atoms with E-state index in [2.05, 4.69) is 15.9 Å². The SMILES string of the molecule is CC[C@H](C)N1C(=O)S/C(=C/c2cc(OC)c(OCc3cccc([N+](=O)[O-])c3)cc2Br)C1=O. The highest BCUT2D eigenvalue weighted by molar-refractivity contribution is 9.10. The molecule has 2 amide bonds. The van der Waals surface area contributed by atoms with Gasteiger partial charge in [0.15, 0.2) is 11.5 Å². The van der Waals surface area contributed by atoms with Crippen molar-refractivity contribution in [3.8, 4) is 11.5 Å². The third-order valence-corrected chi connectivity index (χ3v) is 6.51. The van der Waals surface area contributed by atoms with Crippen molar-refractivity contribution in [1.82, 2.24) is 4.90 Å². The molecule has 1 saturated heterocycles. The summed E-state index contributed by atoms with van der Waals surface area (Å²) in [5.74, 6) is 0.535. The molecule has 8 nitrogen and oxygen atoms in total. The number of non-ortho nitro benzene ring substituents is 1. The first kappa shape index (κ1) is 23.8. The maximum Gasteiger partial charge on any atom is 0.293 e. The molecule has 0 radical (unpaired) electrons. The zero-order valence-electron chi connectivity index (χ0n) is 17.7. The number of imide groups is 1. The molecule has 2 aromatic carbocycles. The molecule has 32 heavy (non-hydrogen) atoms. The Labute approximate surface area is 197 Å². The van der Waals surface area contributed by atoms with E-state index >= 15 is 0 Å². The molecular weight excluding hydrogens is 500 g/mol. The maximum absolute atomic E-state index is 12.7. The normalized spacial score (nSPS) is 15.9. The van der Waals surface area contributed by atoms with Crippen LogP contribution in [0, 0.1) is 10.1 Å². The highest BCUT2D eigenvalue weighted by Crippen LogP contribution is 2.39. The Bertz CT molecular complexity index is 1100. The third kappa shape index (κ3) is 5.13. The fraction of sp³-hybridized carbons (Fsp3) is 0.273. The number of hydrogen-bond donors (Lipinski definition) is 0. The van der Waals surface area contributed by atoms with Crippen molar-refractivity contribution >= 4 is 50.6 Å². The zero-order valence-corrected chi connectivity index (χ0v) is 20.1. The summed E-state index contributed by atoms with van der Waals surface area (Å²) in [5, 5.41) is 10.7. The average Bonchev–Trinajstić information content (AvgIpc) is 3.06. The number of nitrogens with zero attached hydrogens (tertiary/aromatic N) is 2. The predicted octanol–water partition coefficient (Wildman–Crippen LogP) is 5.78. The van der Waals surface area contributed by atoms with Crippen molar-refractivity contribution in [3.63, 3.8) is 0 Å². The molecular formula is C22H21BrN2O6S. The highest BCUT2D eigenvalue weighted by Gasteiger charge is 2.37. The van der Waals surface area contributed by atoms with Crippen molar-refractivity contribution in [2.24, 2.45) is 0 Å². The van der Waals surface area contributed by atoms with Gasteiger partial charge in [0.1, 0.15) is 6.61 Å². The minimum absolute atomic E-state index is 0.0130. The Morgan fingerprint density at radius 1 is 1.25 bits per heavy atom. The minimum Gasteiger partial charge on any atom is -0.493 e. The van der Waals surface area contributed by atoms with Crippen LogP contribution in [0.5, 0.6) is 11.5 Å². The zero-order chi connectivity index (χ0) is 23.4. The monoisotopic (exact) mass is 520 g/mol. The number of benzene rings is 2. The van der Waals surface area contributed by atoms with Crippen LogP contribution < -0.4 is 9.47 Å². The van der Waals surface area contributed by atoms with E-state index in [0.29, 0.717) is 38.4 Å². The summed E-state index contributed by atoms with van der Waals surface area (Å²) in [6.07, 6.45) is 2.32. The molecule has 3 rings (SSSR count). The van der Waals surface area contributed by atoms with Gasteiger partial charge in [0.05, 0.1) is 16.9 Å². The predicted molar refractivity (Wildman–Crippen MR) is 126 cm³/mol. The first-order chi connectivity index (χ1) is 15.2. The van der Waals surface area contributed by atoms with Gasteiger partial charge in [-0.3, -0.25) is 24.6 Å². The summed E-state index contributed by atoms with van der Waals surface area (Å²) in [5.41, 5.74) is 1.28. The second-order valence-electron chi connectivity index (χ2n) is 7.05. The van der Waals surface area contributed by atoms with Crippen LogP contribution in [0.3, 0.4) is 0 Å². The molecule has 0 spiro atoms. The molecule has 0 N–H and O–H groups in total. The topological polar surface area (TPSA) is 99.0 Å². The Hall–Kier alpha value is -2.85. The van der Waals surface area contributed by atoms with E-state index in [1.807, 2.05) is 13.8 Å². The van der Waals surface area contributed by atoms with Crippen LogP contribution in [0.2, 0.25) is 0 Å². The molecule has 0 unspecified atom stereocenters. The summed E-state index contributed by atoms with van der Waals surface area (Å²) in [4.78, 5) is 37.1. The molecule has 1 fully saturated rings. The summed E-state index contributed by atoms with van der Waals surface area (Å²) < 4.78 is 11.9. The van der Waals surface area contributed by atoms with E-state index in [9.17, 15) is 19.7 Å². The van der Waals surface area contributed by atoms with Gasteiger partial charge in [-0.2, -0.15) is 0 Å². The second kappa shape index (κ2) is 10.2. The van der Waals surface area contributed by atoms with E-state index in [1.165, 1.54) is 24.1 Å². The Morgan fingerprint density at radius 2 is 2.00 bits per heavy atom. The van der Waals surface area contributed by atoms with E-state index in [1.54, 1.807) is 30.3 Å². The first-order valence-electron chi connectivity index (χ1n) is 9.75. The van der Waals surface area contributed by atoms with Crippen LogP contribution in [-0.2, 0) is 11.4 Å². The number of carbonyl (C=O) groups is 2. The fourth-order valence-electron chi connectivity index (χ4n) is 3.04. The van der Waals surface area contributed by atoms with Crippen LogP contribution in [0.15, 0.2) is 45.8 Å². The van der Waals surface area contributed by atoms with E-state index in [0.717, 1.165) is 11.8 Å². The van der Waals surface area contributed by atoms with Crippen molar-refractivity contribution in [3.05, 3.63) is 67.0 Å². The van der Waals surface area contributed by atoms with Crippen molar-refractivity contribution in [2.75, 3.05) is 7.11 Å². The Balaban J connectivity index is 1.83. The number of methoxy groups -OCH3 is 1. The molecule has 1 heterocycles. The molecule has 10 heteroatoms. The molecule has 168 valence electrons. The van der Waals surface area contributed by atoms with Crippen molar-refractivity contribution < 1.29 is 24.0 Å². The Kier molecular flexibility index (Phi) is 7.57. The lowest BCUT2D eigenvalue weighted by molar-refractivity contribution is -0.384. The number of hydrogen-bond acceptors (Lipinski definition) is 7. The van der Waals surface area contributed by atoms with Crippen LogP contribution >= 0.6 is 27.7 Å². The van der Waals surface area contributed by atoms with Gasteiger partial charge in [0.25, 0.3) is 16.8 Å². The fourth-order valence-corrected chi connectivity index (χ4v) is 4.40. The molecule has 1 atom stereocenters. The average molecular weight is 521 g/mol. The molecule has 2 aromatic rings. The number of nitro benzene ring substituents is 1. The molecule has 1 aliphatic rings. The summed E-state index contributed by atoms with van der Waals surface area (Å²) in [7, 11) is 1.49. The quantitative estimate of drug-likeness (QED) is 0.247. The number of thioether (sulfide) groups is 1. The van der Waals surface area contributed by atoms with Gasteiger partial charge in [-0.1, -0.05) is 35.0 Å². The summed E-state index contributed by atoms with van der Waals surface area (Å²) in [6, 6.07) is 9.42. The van der Waals surface area contributed by atoms with E-state index < -0.39 is 4.92 Å². The number of rotatable bonds is 8. The van der Waals surface area contributed by atoms with Crippen LogP contribution in [0.4, 0.5) is 10.5 Å². The van der Waals surface area contributed by atoms with Gasteiger partial charge in [-0.05, 0) is 54.4 Å². The van der Waals surface area contributed by atoms with Crippen LogP contribution in [-0.4, -0.2) is 34.1 Å². The second-order valence-corrected chi connectivity index (χ2v) is 8.90. The van der Waals surface area contributed by atoms with E-state index in [4.69, 9.17) is 9.47 Å². The van der Waals surface area contributed by atoms with Crippen LogP contribution in [0.25, 0.3) is 6.08 Å². The molecule has 0 saturated carbocycles. The van der Waals surface area contributed by atoms with Crippen molar-refractivity contribution in [1.29, 1.82) is 0 Å². The van der Waals surface area contributed by atoms with Gasteiger partial charge in [-0.25, -0.2) is 0 Å². The number of nitro groups is 1. The van der Waals surface area contributed by atoms with Gasteiger partial charge in [0, 0.05) is 22.6 Å². The number of carbonyl (C=O) groups excluding carboxylic acids is 2. The lowest BCUT2D eigenvalue weighted by Gasteiger charge is -2.19. The number of amides is 2. The van der Waals surface area contributed by atoms with Gasteiger partial charge >= 0.3 is 0 Å². The van der Waals surface area contributed by atoms with Crippen LogP contribution in [0.1, 0.15) is 31.4 Å².